The Hall–Kier alpha value is -0.650. The van der Waals surface area contributed by atoms with Gasteiger partial charge in [0, 0.05) is 0 Å². The lowest BCUT2D eigenvalue weighted by atomic mass is 10.2. The van der Waals surface area contributed by atoms with Crippen molar-refractivity contribution in [3.05, 3.63) is 33.8 Å². The topological polar surface area (TPSA) is 0 Å². The van der Waals surface area contributed by atoms with Crippen LogP contribution in [0.1, 0.15) is 5.56 Å². The van der Waals surface area contributed by atoms with Gasteiger partial charge in [-0.15, -0.1) is 0 Å². The largest absolute Gasteiger partial charge is 0.419 e. The second-order valence-corrected chi connectivity index (χ2v) is 3.10. The maximum absolute atomic E-state index is 12.6. The first-order chi connectivity index (χ1) is 5.82. The molecule has 13 heavy (non-hydrogen) atoms. The highest BCUT2D eigenvalue weighted by Gasteiger charge is 2.34. The summed E-state index contributed by atoms with van der Waals surface area (Å²) in [6.45, 7) is 0. The van der Waals surface area contributed by atoms with Crippen molar-refractivity contribution in [2.24, 2.45) is 0 Å². The Labute approximate surface area is 78.5 Å². The molecule has 0 bridgehead atoms. The quantitative estimate of drug-likeness (QED) is 0.493. The lowest BCUT2D eigenvalue weighted by Gasteiger charge is -2.08. The minimum absolute atomic E-state index is 0.111. The van der Waals surface area contributed by atoms with Crippen LogP contribution in [0.25, 0.3) is 0 Å². The van der Waals surface area contributed by atoms with Crippen LogP contribution in [0.15, 0.2) is 16.6 Å². The summed E-state index contributed by atoms with van der Waals surface area (Å²) in [5, 5.41) is 0. The zero-order valence-corrected chi connectivity index (χ0v) is 7.51. The molecule has 0 fully saturated rings. The van der Waals surface area contributed by atoms with Crippen molar-refractivity contribution in [2.45, 2.75) is 6.18 Å². The second kappa shape index (κ2) is 3.25. The summed E-state index contributed by atoms with van der Waals surface area (Å²) in [6, 6.07) is 0.553. The SMILES string of the molecule is Fc1cc(C(F)(F)F)c(F)cc1Br. The number of hydrogen-bond donors (Lipinski definition) is 0. The van der Waals surface area contributed by atoms with E-state index in [0.717, 1.165) is 0 Å². The van der Waals surface area contributed by atoms with Gasteiger partial charge in [-0.25, -0.2) is 8.78 Å². The molecule has 0 saturated heterocycles. The van der Waals surface area contributed by atoms with E-state index in [1.54, 1.807) is 0 Å². The Kier molecular flexibility index (Phi) is 2.61. The molecule has 0 N–H and O–H groups in total. The van der Waals surface area contributed by atoms with Gasteiger partial charge in [0.05, 0.1) is 10.0 Å². The van der Waals surface area contributed by atoms with E-state index in [4.69, 9.17) is 0 Å². The van der Waals surface area contributed by atoms with Gasteiger partial charge in [-0.1, -0.05) is 0 Å². The average Bonchev–Trinajstić information content (AvgIpc) is 1.94. The highest BCUT2D eigenvalue weighted by atomic mass is 79.9. The molecule has 0 aliphatic rings. The summed E-state index contributed by atoms with van der Waals surface area (Å²) in [5.74, 6) is -2.64. The molecular weight excluding hydrogens is 259 g/mol. The van der Waals surface area contributed by atoms with Crippen molar-refractivity contribution < 1.29 is 22.0 Å². The van der Waals surface area contributed by atoms with Gasteiger partial charge in [-0.05, 0) is 28.1 Å². The number of hydrogen-bond acceptors (Lipinski definition) is 0. The van der Waals surface area contributed by atoms with Gasteiger partial charge in [0.1, 0.15) is 11.6 Å². The van der Waals surface area contributed by atoms with Gasteiger partial charge in [0.2, 0.25) is 0 Å². The number of alkyl halides is 3. The Morgan fingerprint density at radius 2 is 1.54 bits per heavy atom. The Balaban J connectivity index is 3.32. The van der Waals surface area contributed by atoms with Crippen molar-refractivity contribution in [3.8, 4) is 0 Å². The summed E-state index contributed by atoms with van der Waals surface area (Å²) in [4.78, 5) is 0. The highest BCUT2D eigenvalue weighted by Crippen LogP contribution is 2.33. The highest BCUT2D eigenvalue weighted by molar-refractivity contribution is 9.10. The molecule has 0 radical (unpaired) electrons. The second-order valence-electron chi connectivity index (χ2n) is 2.24. The molecular formula is C7H2BrF5. The predicted octanol–water partition coefficient (Wildman–Crippen LogP) is 3.75. The Morgan fingerprint density at radius 3 is 2.00 bits per heavy atom. The molecule has 0 heterocycles. The summed E-state index contributed by atoms with van der Waals surface area (Å²) in [7, 11) is 0. The van der Waals surface area contributed by atoms with E-state index in [0.29, 0.717) is 6.07 Å². The van der Waals surface area contributed by atoms with E-state index in [-0.39, 0.29) is 10.5 Å². The fourth-order valence-corrected chi connectivity index (χ4v) is 1.06. The van der Waals surface area contributed by atoms with Crippen molar-refractivity contribution in [1.29, 1.82) is 0 Å². The van der Waals surface area contributed by atoms with Gasteiger partial charge in [-0.2, -0.15) is 13.2 Å². The van der Waals surface area contributed by atoms with Crippen molar-refractivity contribution >= 4 is 15.9 Å². The standard InChI is InChI=1S/C7H2BrF5/c8-4-2-5(9)3(1-6(4)10)7(11,12)13/h1-2H. The molecule has 0 atom stereocenters. The normalized spacial score (nSPS) is 11.8. The number of halogens is 6. The van der Waals surface area contributed by atoms with Crippen LogP contribution in [-0.2, 0) is 6.18 Å². The van der Waals surface area contributed by atoms with E-state index in [1.807, 2.05) is 0 Å². The van der Waals surface area contributed by atoms with Crippen molar-refractivity contribution in [1.82, 2.24) is 0 Å². The first-order valence-corrected chi connectivity index (χ1v) is 3.83. The zero-order chi connectivity index (χ0) is 10.2. The molecule has 0 unspecified atom stereocenters. The summed E-state index contributed by atoms with van der Waals surface area (Å²) >= 11 is 2.56. The third kappa shape index (κ3) is 2.18. The van der Waals surface area contributed by atoms with Crippen LogP contribution in [0.5, 0.6) is 0 Å². The fraction of sp³-hybridized carbons (Fsp3) is 0.143. The minimum atomic E-state index is -4.87. The maximum atomic E-state index is 12.6. The fourth-order valence-electron chi connectivity index (χ4n) is 0.740. The van der Waals surface area contributed by atoms with Crippen LogP contribution in [0.2, 0.25) is 0 Å². The smallest absolute Gasteiger partial charge is 0.206 e. The molecule has 72 valence electrons. The van der Waals surface area contributed by atoms with Crippen LogP contribution in [-0.4, -0.2) is 0 Å². The minimum Gasteiger partial charge on any atom is -0.206 e. The van der Waals surface area contributed by atoms with Crippen LogP contribution >= 0.6 is 15.9 Å². The maximum Gasteiger partial charge on any atom is 0.419 e. The molecule has 0 aromatic heterocycles. The summed E-state index contributed by atoms with van der Waals surface area (Å²) in [5.41, 5.74) is -1.60. The van der Waals surface area contributed by atoms with Gasteiger partial charge in [0.25, 0.3) is 0 Å². The molecule has 1 aromatic carbocycles. The lowest BCUT2D eigenvalue weighted by Crippen LogP contribution is -2.08. The van der Waals surface area contributed by atoms with Gasteiger partial charge < -0.3 is 0 Å². The first kappa shape index (κ1) is 10.4. The molecule has 0 nitrogen and oxygen atoms in total. The molecule has 1 aromatic rings. The third-order valence-electron chi connectivity index (χ3n) is 1.32. The van der Waals surface area contributed by atoms with Crippen LogP contribution in [0.4, 0.5) is 22.0 Å². The molecule has 0 amide bonds. The predicted molar refractivity (Wildman–Crippen MR) is 39.1 cm³/mol. The lowest BCUT2D eigenvalue weighted by molar-refractivity contribution is -0.140. The van der Waals surface area contributed by atoms with Crippen molar-refractivity contribution in [3.63, 3.8) is 0 Å². The first-order valence-electron chi connectivity index (χ1n) is 3.04. The number of benzene rings is 1. The van der Waals surface area contributed by atoms with E-state index in [2.05, 4.69) is 15.9 Å². The number of rotatable bonds is 0. The monoisotopic (exact) mass is 260 g/mol. The average molecular weight is 261 g/mol. The molecule has 0 aliphatic carbocycles. The van der Waals surface area contributed by atoms with Crippen LogP contribution in [0, 0.1) is 11.6 Å². The Bertz CT molecular complexity index is 330. The van der Waals surface area contributed by atoms with E-state index in [9.17, 15) is 22.0 Å². The van der Waals surface area contributed by atoms with E-state index < -0.39 is 23.4 Å². The van der Waals surface area contributed by atoms with Crippen LogP contribution < -0.4 is 0 Å². The molecule has 0 spiro atoms. The molecule has 6 heteroatoms. The van der Waals surface area contributed by atoms with Gasteiger partial charge in [0.15, 0.2) is 0 Å². The van der Waals surface area contributed by atoms with E-state index >= 15 is 0 Å². The molecule has 0 saturated carbocycles. The molecule has 0 aliphatic heterocycles. The Morgan fingerprint density at radius 1 is 1.00 bits per heavy atom. The summed E-state index contributed by atoms with van der Waals surface area (Å²) in [6.07, 6.45) is -4.87. The van der Waals surface area contributed by atoms with Gasteiger partial charge >= 0.3 is 6.18 Å². The van der Waals surface area contributed by atoms with Crippen molar-refractivity contribution in [2.75, 3.05) is 0 Å². The van der Waals surface area contributed by atoms with Gasteiger partial charge in [-0.3, -0.25) is 0 Å². The summed E-state index contributed by atoms with van der Waals surface area (Å²) < 4.78 is 60.7. The molecule has 1 rings (SSSR count). The van der Waals surface area contributed by atoms with Crippen LogP contribution in [0.3, 0.4) is 0 Å². The zero-order valence-electron chi connectivity index (χ0n) is 5.92. The third-order valence-corrected chi connectivity index (χ3v) is 1.92. The van der Waals surface area contributed by atoms with E-state index in [1.165, 1.54) is 0 Å².